The van der Waals surface area contributed by atoms with Crippen LogP contribution in [-0.2, 0) is 18.4 Å². The molecule has 3 aromatic rings. The molecule has 4 heteroatoms. The highest BCUT2D eigenvalue weighted by Gasteiger charge is 2.21. The van der Waals surface area contributed by atoms with Crippen LogP contribution in [0.15, 0.2) is 57.7 Å². The van der Waals surface area contributed by atoms with Crippen LogP contribution < -0.4 is 10.9 Å². The predicted octanol–water partition coefficient (Wildman–Crippen LogP) is 5.73. The molecule has 4 nitrogen and oxygen atoms in total. The maximum absolute atomic E-state index is 12.0. The first-order valence-electron chi connectivity index (χ1n) is 11.5. The average molecular weight is 419 g/mol. The third-order valence-electron chi connectivity index (χ3n) is 6.39. The minimum Gasteiger partial charge on any atom is -0.423 e. The largest absolute Gasteiger partial charge is 0.423 e. The molecule has 0 bridgehead atoms. The molecule has 4 rings (SSSR count). The lowest BCUT2D eigenvalue weighted by molar-refractivity contribution is 0.211. The number of anilines is 1. The molecule has 1 fully saturated rings. The fourth-order valence-electron chi connectivity index (χ4n) is 4.37. The van der Waals surface area contributed by atoms with E-state index in [1.54, 1.807) is 6.07 Å². The summed E-state index contributed by atoms with van der Waals surface area (Å²) in [4.78, 5) is 14.6. The Balaban J connectivity index is 1.39. The van der Waals surface area contributed by atoms with Gasteiger partial charge in [-0.15, -0.1) is 0 Å². The van der Waals surface area contributed by atoms with Gasteiger partial charge in [-0.25, -0.2) is 4.79 Å². The molecule has 0 unspecified atom stereocenters. The molecular weight excluding hydrogens is 384 g/mol. The second-order valence-electron chi connectivity index (χ2n) is 9.80. The van der Waals surface area contributed by atoms with E-state index in [1.165, 1.54) is 16.7 Å². The smallest absolute Gasteiger partial charge is 0.338 e. The van der Waals surface area contributed by atoms with Gasteiger partial charge in [-0.2, -0.15) is 0 Å². The van der Waals surface area contributed by atoms with Gasteiger partial charge < -0.3 is 9.73 Å². The molecule has 1 aliphatic heterocycles. The highest BCUT2D eigenvalue weighted by atomic mass is 16.4. The van der Waals surface area contributed by atoms with Crippen molar-refractivity contribution in [1.29, 1.82) is 0 Å². The van der Waals surface area contributed by atoms with Crippen LogP contribution in [0.2, 0.25) is 0 Å². The summed E-state index contributed by atoms with van der Waals surface area (Å²) >= 11 is 0. The van der Waals surface area contributed by atoms with Gasteiger partial charge in [0.05, 0.1) is 5.69 Å². The van der Waals surface area contributed by atoms with Crippen LogP contribution in [0.3, 0.4) is 0 Å². The molecule has 0 atom stereocenters. The zero-order valence-corrected chi connectivity index (χ0v) is 19.2. The van der Waals surface area contributed by atoms with Crippen molar-refractivity contribution in [2.45, 2.75) is 65.0 Å². The van der Waals surface area contributed by atoms with Crippen molar-refractivity contribution in [2.75, 3.05) is 18.4 Å². The molecule has 1 N–H and O–H groups in total. The number of benzene rings is 2. The van der Waals surface area contributed by atoms with Crippen molar-refractivity contribution in [3.8, 4) is 0 Å². The minimum absolute atomic E-state index is 0.194. The van der Waals surface area contributed by atoms with Crippen LogP contribution in [0.1, 0.15) is 57.2 Å². The highest BCUT2D eigenvalue weighted by molar-refractivity contribution is 5.90. The zero-order valence-electron chi connectivity index (χ0n) is 19.2. The SMILES string of the molecule is CCc1ccc2oc(=O)cc(NC3CCN(Cc4ccc(C(C)(C)C)cc4)CC3)c2c1. The molecule has 0 amide bonds. The van der Waals surface area contributed by atoms with Gasteiger partial charge in [0.1, 0.15) is 5.58 Å². The lowest BCUT2D eigenvalue weighted by atomic mass is 9.86. The molecule has 0 radical (unpaired) electrons. The van der Waals surface area contributed by atoms with Gasteiger partial charge in [0.25, 0.3) is 0 Å². The van der Waals surface area contributed by atoms with Gasteiger partial charge in [-0.3, -0.25) is 4.90 Å². The molecule has 0 aliphatic carbocycles. The first-order valence-corrected chi connectivity index (χ1v) is 11.5. The molecule has 164 valence electrons. The van der Waals surface area contributed by atoms with Crippen LogP contribution in [0.25, 0.3) is 11.0 Å². The number of aryl methyl sites for hydroxylation is 1. The number of nitrogens with zero attached hydrogens (tertiary/aromatic N) is 1. The summed E-state index contributed by atoms with van der Waals surface area (Å²) in [5.74, 6) is 0. The predicted molar refractivity (Wildman–Crippen MR) is 129 cm³/mol. The van der Waals surface area contributed by atoms with Crippen molar-refractivity contribution in [3.63, 3.8) is 0 Å². The van der Waals surface area contributed by atoms with E-state index in [4.69, 9.17) is 4.42 Å². The molecule has 2 aromatic carbocycles. The average Bonchev–Trinajstić information content (AvgIpc) is 2.74. The Morgan fingerprint density at radius 2 is 1.68 bits per heavy atom. The molecule has 1 aliphatic rings. The molecular formula is C27H34N2O2. The highest BCUT2D eigenvalue weighted by Crippen LogP contribution is 2.27. The van der Waals surface area contributed by atoms with Gasteiger partial charge >= 0.3 is 5.63 Å². The van der Waals surface area contributed by atoms with E-state index in [0.717, 1.165) is 50.0 Å². The normalized spacial score (nSPS) is 16.0. The number of rotatable bonds is 5. The maximum Gasteiger partial charge on any atom is 0.338 e. The summed E-state index contributed by atoms with van der Waals surface area (Å²) in [5.41, 5.74) is 5.45. The summed E-state index contributed by atoms with van der Waals surface area (Å²) in [6.45, 7) is 12.0. The summed E-state index contributed by atoms with van der Waals surface area (Å²) in [6, 6.07) is 17.1. The second kappa shape index (κ2) is 8.88. The lowest BCUT2D eigenvalue weighted by Crippen LogP contribution is -2.38. The van der Waals surface area contributed by atoms with Gasteiger partial charge in [0.2, 0.25) is 0 Å². The summed E-state index contributed by atoms with van der Waals surface area (Å²) < 4.78 is 5.40. The summed E-state index contributed by atoms with van der Waals surface area (Å²) in [7, 11) is 0. The topological polar surface area (TPSA) is 45.5 Å². The van der Waals surface area contributed by atoms with Crippen molar-refractivity contribution in [2.24, 2.45) is 0 Å². The van der Waals surface area contributed by atoms with E-state index in [0.29, 0.717) is 11.6 Å². The molecule has 0 saturated carbocycles. The Kier molecular flexibility index (Phi) is 6.19. The van der Waals surface area contributed by atoms with Crippen molar-refractivity contribution in [1.82, 2.24) is 4.90 Å². The van der Waals surface area contributed by atoms with Crippen LogP contribution in [0.4, 0.5) is 5.69 Å². The second-order valence-corrected chi connectivity index (χ2v) is 9.80. The van der Waals surface area contributed by atoms with Gasteiger partial charge in [0.15, 0.2) is 0 Å². The Hall–Kier alpha value is -2.59. The van der Waals surface area contributed by atoms with E-state index < -0.39 is 0 Å². The first-order chi connectivity index (χ1) is 14.8. The van der Waals surface area contributed by atoms with Crippen LogP contribution in [0.5, 0.6) is 0 Å². The van der Waals surface area contributed by atoms with Gasteiger partial charge in [-0.1, -0.05) is 58.0 Å². The summed E-state index contributed by atoms with van der Waals surface area (Å²) in [6.07, 6.45) is 3.09. The van der Waals surface area contributed by atoms with Gasteiger partial charge in [0, 0.05) is 37.1 Å². The van der Waals surface area contributed by atoms with Gasteiger partial charge in [-0.05, 0) is 53.5 Å². The number of hydrogen-bond acceptors (Lipinski definition) is 4. The molecule has 1 saturated heterocycles. The Bertz CT molecular complexity index is 1080. The van der Waals surface area contributed by atoms with Crippen LogP contribution in [-0.4, -0.2) is 24.0 Å². The summed E-state index contributed by atoms with van der Waals surface area (Å²) in [5, 5.41) is 4.64. The number of nitrogens with one attached hydrogen (secondary N) is 1. The van der Waals surface area contributed by atoms with E-state index in [1.807, 2.05) is 12.1 Å². The number of fused-ring (bicyclic) bond motifs is 1. The Labute approximate surface area is 185 Å². The fraction of sp³-hybridized carbons (Fsp3) is 0.444. The lowest BCUT2D eigenvalue weighted by Gasteiger charge is -2.33. The maximum atomic E-state index is 12.0. The van der Waals surface area contributed by atoms with Crippen LogP contribution >= 0.6 is 0 Å². The number of likely N-dealkylation sites (tertiary alicyclic amines) is 1. The Morgan fingerprint density at radius 3 is 2.32 bits per heavy atom. The molecule has 31 heavy (non-hydrogen) atoms. The van der Waals surface area contributed by atoms with Crippen molar-refractivity contribution in [3.05, 3.63) is 75.6 Å². The minimum atomic E-state index is -0.296. The van der Waals surface area contributed by atoms with Crippen molar-refractivity contribution < 1.29 is 4.42 Å². The van der Waals surface area contributed by atoms with Crippen molar-refractivity contribution >= 4 is 16.7 Å². The quantitative estimate of drug-likeness (QED) is 0.538. The fourth-order valence-corrected chi connectivity index (χ4v) is 4.37. The number of piperidine rings is 1. The Morgan fingerprint density at radius 1 is 1.00 bits per heavy atom. The van der Waals surface area contributed by atoms with E-state index in [9.17, 15) is 4.79 Å². The third kappa shape index (κ3) is 5.19. The monoisotopic (exact) mass is 418 g/mol. The standard InChI is InChI=1S/C27H34N2O2/c1-5-19-8-11-25-23(16-19)24(17-26(30)31-25)28-22-12-14-29(15-13-22)18-20-6-9-21(10-7-20)27(2,3)4/h6-11,16-17,22,28H,5,12-15,18H2,1-4H3. The van der Waals surface area contributed by atoms with E-state index in [-0.39, 0.29) is 11.0 Å². The van der Waals surface area contributed by atoms with Crippen LogP contribution in [0, 0.1) is 0 Å². The van der Waals surface area contributed by atoms with E-state index >= 15 is 0 Å². The number of hydrogen-bond donors (Lipinski definition) is 1. The zero-order chi connectivity index (χ0) is 22.0. The third-order valence-corrected chi connectivity index (χ3v) is 6.39. The molecule has 0 spiro atoms. The van der Waals surface area contributed by atoms with E-state index in [2.05, 4.69) is 68.2 Å². The molecule has 1 aromatic heterocycles. The molecule has 2 heterocycles. The first kappa shape index (κ1) is 21.6.